The smallest absolute Gasteiger partial charge is 0.244 e. The van der Waals surface area contributed by atoms with Gasteiger partial charge in [0.05, 0.1) is 18.7 Å². The molecule has 0 heterocycles. The van der Waals surface area contributed by atoms with Crippen LogP contribution in [0.25, 0.3) is 0 Å². The van der Waals surface area contributed by atoms with E-state index >= 15 is 0 Å². The summed E-state index contributed by atoms with van der Waals surface area (Å²) in [5, 5.41) is 0. The van der Waals surface area contributed by atoms with Gasteiger partial charge in [0.15, 0.2) is 0 Å². The van der Waals surface area contributed by atoms with E-state index in [1.807, 2.05) is 0 Å². The fourth-order valence-electron chi connectivity index (χ4n) is 1.40. The van der Waals surface area contributed by atoms with E-state index < -0.39 is 15.6 Å². The molecule has 9 heteroatoms. The first-order valence-corrected chi connectivity index (χ1v) is 8.08. The van der Waals surface area contributed by atoms with Crippen LogP contribution in [0.5, 0.6) is 11.5 Å². The minimum atomic E-state index is -3.72. The Labute approximate surface area is 140 Å². The molecule has 0 atom stereocenters. The van der Waals surface area contributed by atoms with Crippen molar-refractivity contribution in [2.45, 2.75) is 24.3 Å². The Morgan fingerprint density at radius 1 is 1.24 bits per heavy atom. The molecule has 122 valence electrons. The predicted molar refractivity (Wildman–Crippen MR) is 87.9 cm³/mol. The molecule has 0 fully saturated rings. The minimum Gasteiger partial charge on any atom is -0.495 e. The van der Waals surface area contributed by atoms with E-state index in [0.717, 1.165) is 0 Å². The predicted octanol–water partition coefficient (Wildman–Crippen LogP) is 1.90. The van der Waals surface area contributed by atoms with Crippen LogP contribution < -0.4 is 19.9 Å². The lowest BCUT2D eigenvalue weighted by molar-refractivity contribution is 0.384. The Balaban J connectivity index is 0.00000400. The Morgan fingerprint density at radius 3 is 2.19 bits per heavy atom. The monoisotopic (exact) mass is 402 g/mol. The molecule has 1 aromatic rings. The summed E-state index contributed by atoms with van der Waals surface area (Å²) in [7, 11) is -0.838. The van der Waals surface area contributed by atoms with E-state index in [1.165, 1.54) is 26.4 Å². The van der Waals surface area contributed by atoms with Crippen LogP contribution in [-0.4, -0.2) is 34.7 Å². The Hall–Kier alpha value is -0.540. The van der Waals surface area contributed by atoms with Gasteiger partial charge in [-0.25, -0.2) is 13.1 Å². The zero-order valence-electron chi connectivity index (χ0n) is 12.3. The third kappa shape index (κ3) is 5.63. The summed E-state index contributed by atoms with van der Waals surface area (Å²) in [5.41, 5.74) is 5.13. The van der Waals surface area contributed by atoms with Crippen molar-refractivity contribution >= 4 is 38.4 Å². The number of methoxy groups -OCH3 is 2. The first-order chi connectivity index (χ1) is 9.10. The summed E-state index contributed by atoms with van der Waals surface area (Å²) < 4.78 is 37.8. The zero-order valence-corrected chi connectivity index (χ0v) is 15.5. The van der Waals surface area contributed by atoms with Crippen LogP contribution in [0, 0.1) is 0 Å². The van der Waals surface area contributed by atoms with Gasteiger partial charge in [-0.2, -0.15) is 0 Å². The summed E-state index contributed by atoms with van der Waals surface area (Å²) >= 11 is 3.26. The first kappa shape index (κ1) is 20.5. The van der Waals surface area contributed by atoms with E-state index in [2.05, 4.69) is 20.7 Å². The molecule has 3 N–H and O–H groups in total. The topological polar surface area (TPSA) is 90.6 Å². The molecular formula is C12H20BrClN2O4S. The highest BCUT2D eigenvalue weighted by Gasteiger charge is 2.24. The molecule has 0 saturated heterocycles. The van der Waals surface area contributed by atoms with Crippen molar-refractivity contribution in [3.05, 3.63) is 16.6 Å². The Kier molecular flexibility index (Phi) is 7.44. The fourth-order valence-corrected chi connectivity index (χ4v) is 3.46. The van der Waals surface area contributed by atoms with Crippen molar-refractivity contribution < 1.29 is 17.9 Å². The van der Waals surface area contributed by atoms with Crippen LogP contribution in [0.4, 0.5) is 0 Å². The molecule has 0 aliphatic heterocycles. The van der Waals surface area contributed by atoms with Gasteiger partial charge in [-0.1, -0.05) is 0 Å². The van der Waals surface area contributed by atoms with Crippen LogP contribution >= 0.6 is 28.3 Å². The van der Waals surface area contributed by atoms with E-state index in [4.69, 9.17) is 15.2 Å². The SMILES string of the molecule is COc1cc(OC)c(S(=O)(=O)NCC(C)(C)N)cc1Br.Cl. The number of halogens is 2. The molecule has 0 unspecified atom stereocenters. The van der Waals surface area contributed by atoms with Gasteiger partial charge >= 0.3 is 0 Å². The minimum absolute atomic E-state index is 0. The van der Waals surface area contributed by atoms with Crippen molar-refractivity contribution in [1.29, 1.82) is 0 Å². The molecule has 0 spiro atoms. The van der Waals surface area contributed by atoms with Gasteiger partial charge < -0.3 is 15.2 Å². The second-order valence-electron chi connectivity index (χ2n) is 4.95. The van der Waals surface area contributed by atoms with Gasteiger partial charge in [-0.3, -0.25) is 0 Å². The number of hydrogen-bond acceptors (Lipinski definition) is 5. The van der Waals surface area contributed by atoms with Crippen molar-refractivity contribution in [3.63, 3.8) is 0 Å². The largest absolute Gasteiger partial charge is 0.495 e. The van der Waals surface area contributed by atoms with E-state index in [-0.39, 0.29) is 29.6 Å². The molecule has 0 aliphatic carbocycles. The normalized spacial score (nSPS) is 11.7. The average Bonchev–Trinajstić information content (AvgIpc) is 2.35. The third-order valence-electron chi connectivity index (χ3n) is 2.45. The molecular weight excluding hydrogens is 384 g/mol. The second-order valence-corrected chi connectivity index (χ2v) is 7.54. The average molecular weight is 404 g/mol. The van der Waals surface area contributed by atoms with E-state index in [0.29, 0.717) is 10.2 Å². The maximum Gasteiger partial charge on any atom is 0.244 e. The van der Waals surface area contributed by atoms with Gasteiger partial charge in [0.1, 0.15) is 16.4 Å². The maximum atomic E-state index is 12.3. The molecule has 1 rings (SSSR count). The van der Waals surface area contributed by atoms with Crippen molar-refractivity contribution in [3.8, 4) is 11.5 Å². The van der Waals surface area contributed by atoms with E-state index in [1.54, 1.807) is 13.8 Å². The fraction of sp³-hybridized carbons (Fsp3) is 0.500. The molecule has 0 saturated carbocycles. The zero-order chi connectivity index (χ0) is 15.6. The van der Waals surface area contributed by atoms with Crippen LogP contribution in [-0.2, 0) is 10.0 Å². The Bertz CT molecular complexity index is 588. The molecule has 0 radical (unpaired) electrons. The third-order valence-corrected chi connectivity index (χ3v) is 4.49. The quantitative estimate of drug-likeness (QED) is 0.757. The van der Waals surface area contributed by atoms with Gasteiger partial charge in [0.25, 0.3) is 0 Å². The molecule has 0 amide bonds. The maximum absolute atomic E-state index is 12.3. The number of sulfonamides is 1. The van der Waals surface area contributed by atoms with Crippen molar-refractivity contribution in [2.24, 2.45) is 5.73 Å². The van der Waals surface area contributed by atoms with Crippen LogP contribution in [0.1, 0.15) is 13.8 Å². The number of hydrogen-bond donors (Lipinski definition) is 2. The van der Waals surface area contributed by atoms with Gasteiger partial charge in [0.2, 0.25) is 10.0 Å². The van der Waals surface area contributed by atoms with Gasteiger partial charge in [-0.05, 0) is 35.8 Å². The standard InChI is InChI=1S/C12H19BrN2O4S.ClH/c1-12(2,14)7-15-20(16,17)11-5-8(13)9(18-3)6-10(11)19-4;/h5-6,15H,7,14H2,1-4H3;1H. The molecule has 21 heavy (non-hydrogen) atoms. The highest BCUT2D eigenvalue weighted by Crippen LogP contribution is 2.35. The van der Waals surface area contributed by atoms with E-state index in [9.17, 15) is 8.42 Å². The summed E-state index contributed by atoms with van der Waals surface area (Å²) in [6.07, 6.45) is 0. The summed E-state index contributed by atoms with van der Waals surface area (Å²) in [4.78, 5) is 0.0249. The highest BCUT2D eigenvalue weighted by atomic mass is 79.9. The molecule has 0 bridgehead atoms. The van der Waals surface area contributed by atoms with Gasteiger partial charge in [0, 0.05) is 18.2 Å². The summed E-state index contributed by atoms with van der Waals surface area (Å²) in [5.74, 6) is 0.687. The van der Waals surface area contributed by atoms with Crippen LogP contribution in [0.3, 0.4) is 0 Å². The second kappa shape index (κ2) is 7.64. The summed E-state index contributed by atoms with van der Waals surface area (Å²) in [6.45, 7) is 3.58. The van der Waals surface area contributed by atoms with Crippen LogP contribution in [0.2, 0.25) is 0 Å². The number of nitrogens with two attached hydrogens (primary N) is 1. The van der Waals surface area contributed by atoms with Crippen molar-refractivity contribution in [1.82, 2.24) is 4.72 Å². The lowest BCUT2D eigenvalue weighted by atomic mass is 10.1. The summed E-state index contributed by atoms with van der Waals surface area (Å²) in [6, 6.07) is 2.94. The van der Waals surface area contributed by atoms with Crippen molar-refractivity contribution in [2.75, 3.05) is 20.8 Å². The number of benzene rings is 1. The first-order valence-electron chi connectivity index (χ1n) is 5.81. The molecule has 1 aromatic carbocycles. The van der Waals surface area contributed by atoms with Gasteiger partial charge in [-0.15, -0.1) is 12.4 Å². The lowest BCUT2D eigenvalue weighted by Crippen LogP contribution is -2.45. The molecule has 6 nitrogen and oxygen atoms in total. The Morgan fingerprint density at radius 2 is 1.76 bits per heavy atom. The number of nitrogens with one attached hydrogen (secondary N) is 1. The number of ether oxygens (including phenoxy) is 2. The number of rotatable bonds is 6. The van der Waals surface area contributed by atoms with Crippen LogP contribution in [0.15, 0.2) is 21.5 Å². The lowest BCUT2D eigenvalue weighted by Gasteiger charge is -2.20. The molecule has 0 aromatic heterocycles. The molecule has 0 aliphatic rings. The highest BCUT2D eigenvalue weighted by molar-refractivity contribution is 9.10.